The molecule has 0 aliphatic carbocycles. The fraction of sp³-hybridized carbons (Fsp3) is 0.722. The van der Waals surface area contributed by atoms with E-state index in [9.17, 15) is 8.42 Å². The fourth-order valence-electron chi connectivity index (χ4n) is 3.93. The second kappa shape index (κ2) is 7.70. The van der Waals surface area contributed by atoms with E-state index in [-0.39, 0.29) is 11.3 Å². The lowest BCUT2D eigenvalue weighted by atomic mass is 9.77. The summed E-state index contributed by atoms with van der Waals surface area (Å²) in [6.45, 7) is 5.42. The Kier molecular flexibility index (Phi) is 5.78. The third-order valence-electron chi connectivity index (χ3n) is 5.48. The topological polar surface area (TPSA) is 62.7 Å². The van der Waals surface area contributed by atoms with Crippen molar-refractivity contribution >= 4 is 10.0 Å². The molecule has 2 aliphatic rings. The number of likely N-dealkylation sites (N-methyl/N-ethyl adjacent to an activating group) is 1. The summed E-state index contributed by atoms with van der Waals surface area (Å²) in [6, 6.07) is 5.84. The third kappa shape index (κ3) is 4.22. The molecular formula is C18H29N3O3S. The molecule has 1 aromatic rings. The number of piperidine rings is 1. The molecule has 0 radical (unpaired) electrons. The van der Waals surface area contributed by atoms with Crippen molar-refractivity contribution in [2.24, 2.45) is 5.92 Å². The van der Waals surface area contributed by atoms with Gasteiger partial charge >= 0.3 is 0 Å². The normalized spacial score (nSPS) is 24.3. The molecule has 1 spiro atoms. The maximum Gasteiger partial charge on any atom is 0.214 e. The Morgan fingerprint density at radius 2 is 2.16 bits per heavy atom. The Hall–Kier alpha value is -1.02. The van der Waals surface area contributed by atoms with E-state index in [1.54, 1.807) is 10.5 Å². The van der Waals surface area contributed by atoms with Crippen LogP contribution in [0.5, 0.6) is 0 Å². The first-order chi connectivity index (χ1) is 12.0. The molecule has 6 nitrogen and oxygen atoms in total. The van der Waals surface area contributed by atoms with Gasteiger partial charge in [-0.2, -0.15) is 4.31 Å². The van der Waals surface area contributed by atoms with Crippen molar-refractivity contribution in [3.63, 3.8) is 0 Å². The van der Waals surface area contributed by atoms with Crippen molar-refractivity contribution in [1.82, 2.24) is 14.2 Å². The predicted octanol–water partition coefficient (Wildman–Crippen LogP) is 1.73. The quantitative estimate of drug-likeness (QED) is 0.734. The highest BCUT2D eigenvalue weighted by atomic mass is 32.2. The van der Waals surface area contributed by atoms with Crippen molar-refractivity contribution in [3.8, 4) is 0 Å². The van der Waals surface area contributed by atoms with E-state index in [0.29, 0.717) is 38.6 Å². The molecule has 0 saturated carbocycles. The molecule has 3 rings (SSSR count). The third-order valence-corrected chi connectivity index (χ3v) is 7.45. The molecule has 1 unspecified atom stereocenters. The van der Waals surface area contributed by atoms with E-state index in [4.69, 9.17) is 4.74 Å². The zero-order valence-corrected chi connectivity index (χ0v) is 16.0. The summed E-state index contributed by atoms with van der Waals surface area (Å²) in [5.41, 5.74) is 0.948. The van der Waals surface area contributed by atoms with Crippen molar-refractivity contribution in [1.29, 1.82) is 0 Å². The number of pyridine rings is 1. The van der Waals surface area contributed by atoms with Crippen LogP contribution in [0.3, 0.4) is 0 Å². The van der Waals surface area contributed by atoms with Gasteiger partial charge in [0.15, 0.2) is 0 Å². The van der Waals surface area contributed by atoms with Crippen molar-refractivity contribution in [3.05, 3.63) is 30.1 Å². The summed E-state index contributed by atoms with van der Waals surface area (Å²) in [7, 11) is -0.956. The van der Waals surface area contributed by atoms with E-state index >= 15 is 0 Å². The smallest absolute Gasteiger partial charge is 0.214 e. The van der Waals surface area contributed by atoms with Gasteiger partial charge in [-0.1, -0.05) is 13.0 Å². The average Bonchev–Trinajstić information content (AvgIpc) is 2.55. The van der Waals surface area contributed by atoms with Gasteiger partial charge in [-0.15, -0.1) is 0 Å². The molecule has 2 saturated heterocycles. The van der Waals surface area contributed by atoms with Gasteiger partial charge in [0.25, 0.3) is 0 Å². The van der Waals surface area contributed by atoms with Crippen LogP contribution in [0.2, 0.25) is 0 Å². The maximum absolute atomic E-state index is 12.2. The van der Waals surface area contributed by atoms with Gasteiger partial charge < -0.3 is 4.74 Å². The van der Waals surface area contributed by atoms with Gasteiger partial charge in [-0.3, -0.25) is 9.88 Å². The average molecular weight is 368 g/mol. The monoisotopic (exact) mass is 367 g/mol. The molecule has 2 aliphatic heterocycles. The second-order valence-corrected chi connectivity index (χ2v) is 9.51. The zero-order valence-electron chi connectivity index (χ0n) is 15.2. The van der Waals surface area contributed by atoms with Crippen LogP contribution < -0.4 is 0 Å². The Morgan fingerprint density at radius 1 is 1.36 bits per heavy atom. The van der Waals surface area contributed by atoms with Crippen molar-refractivity contribution < 1.29 is 13.2 Å². The minimum Gasteiger partial charge on any atom is -0.375 e. The number of hydrogen-bond acceptors (Lipinski definition) is 5. The van der Waals surface area contributed by atoms with Gasteiger partial charge in [-0.25, -0.2) is 8.42 Å². The first-order valence-corrected chi connectivity index (χ1v) is 10.7. The van der Waals surface area contributed by atoms with Crippen LogP contribution >= 0.6 is 0 Å². The number of aromatic nitrogens is 1. The lowest BCUT2D eigenvalue weighted by molar-refractivity contribution is -0.0602. The molecule has 1 aromatic heterocycles. The Labute approximate surface area is 151 Å². The Morgan fingerprint density at radius 3 is 2.84 bits per heavy atom. The van der Waals surface area contributed by atoms with Gasteiger partial charge in [-0.05, 0) is 50.9 Å². The molecule has 0 bridgehead atoms. The first-order valence-electron chi connectivity index (χ1n) is 9.12. The molecule has 3 heterocycles. The summed E-state index contributed by atoms with van der Waals surface area (Å²) in [5.74, 6) is 0.736. The summed E-state index contributed by atoms with van der Waals surface area (Å²) < 4.78 is 32.0. The van der Waals surface area contributed by atoms with Gasteiger partial charge in [0.1, 0.15) is 0 Å². The lowest BCUT2D eigenvalue weighted by Gasteiger charge is -2.57. The van der Waals surface area contributed by atoms with E-state index < -0.39 is 10.0 Å². The molecule has 140 valence electrons. The van der Waals surface area contributed by atoms with Crippen LogP contribution in [-0.4, -0.2) is 67.2 Å². The van der Waals surface area contributed by atoms with Crippen LogP contribution in [-0.2, 0) is 21.4 Å². The highest BCUT2D eigenvalue weighted by Crippen LogP contribution is 2.39. The van der Waals surface area contributed by atoms with Crippen LogP contribution in [0.1, 0.15) is 31.9 Å². The van der Waals surface area contributed by atoms with Crippen molar-refractivity contribution in [2.45, 2.75) is 38.3 Å². The number of rotatable bonds is 7. The van der Waals surface area contributed by atoms with E-state index in [2.05, 4.69) is 16.9 Å². The molecule has 1 atom stereocenters. The number of hydrogen-bond donors (Lipinski definition) is 0. The first kappa shape index (κ1) is 18.8. The molecule has 2 fully saturated rings. The SMILES string of the molecule is CCCS(=O)(=O)N1CC2(CC(COCc3ccccn3)CCN2C)C1. The Bertz CT molecular complexity index is 659. The number of sulfonamides is 1. The number of likely N-dealkylation sites (tertiary alicyclic amines) is 1. The molecule has 7 heteroatoms. The van der Waals surface area contributed by atoms with Gasteiger partial charge in [0.2, 0.25) is 10.0 Å². The van der Waals surface area contributed by atoms with Gasteiger partial charge in [0.05, 0.1) is 24.7 Å². The standard InChI is InChI=1S/C18H29N3O3S/c1-3-10-25(22,23)21-14-18(15-21)11-16(7-9-20(18)2)12-24-13-17-6-4-5-8-19-17/h4-6,8,16H,3,7,9-15H2,1-2H3. The molecule has 0 aromatic carbocycles. The number of ether oxygens (including phenoxy) is 1. The highest BCUT2D eigenvalue weighted by Gasteiger charge is 2.52. The summed E-state index contributed by atoms with van der Waals surface area (Å²) >= 11 is 0. The van der Waals surface area contributed by atoms with E-state index in [1.165, 1.54) is 0 Å². The van der Waals surface area contributed by atoms with E-state index in [0.717, 1.165) is 25.1 Å². The molecule has 0 amide bonds. The summed E-state index contributed by atoms with van der Waals surface area (Å²) in [4.78, 5) is 6.62. The molecule has 0 N–H and O–H groups in total. The summed E-state index contributed by atoms with van der Waals surface area (Å²) in [5, 5.41) is 0. The summed E-state index contributed by atoms with van der Waals surface area (Å²) in [6.07, 6.45) is 4.56. The maximum atomic E-state index is 12.2. The predicted molar refractivity (Wildman–Crippen MR) is 97.6 cm³/mol. The van der Waals surface area contributed by atoms with Crippen LogP contribution in [0.4, 0.5) is 0 Å². The zero-order chi connectivity index (χ0) is 17.9. The van der Waals surface area contributed by atoms with Crippen LogP contribution in [0.25, 0.3) is 0 Å². The second-order valence-electron chi connectivity index (χ2n) is 7.42. The largest absolute Gasteiger partial charge is 0.375 e. The Balaban J connectivity index is 1.51. The van der Waals surface area contributed by atoms with Crippen LogP contribution in [0, 0.1) is 5.92 Å². The van der Waals surface area contributed by atoms with E-state index in [1.807, 2.05) is 25.1 Å². The molecular weight excluding hydrogens is 338 g/mol. The minimum absolute atomic E-state index is 0.00190. The van der Waals surface area contributed by atoms with Gasteiger partial charge in [0, 0.05) is 24.8 Å². The van der Waals surface area contributed by atoms with Crippen molar-refractivity contribution in [2.75, 3.05) is 39.0 Å². The molecule has 25 heavy (non-hydrogen) atoms. The fourth-order valence-corrected chi connectivity index (χ4v) is 5.58. The highest BCUT2D eigenvalue weighted by molar-refractivity contribution is 7.89. The minimum atomic E-state index is -3.08. The van der Waals surface area contributed by atoms with Crippen LogP contribution in [0.15, 0.2) is 24.4 Å². The lowest BCUT2D eigenvalue weighted by Crippen LogP contribution is -2.72. The number of nitrogens with zero attached hydrogens (tertiary/aromatic N) is 3.